The predicted molar refractivity (Wildman–Crippen MR) is 45.4 cm³/mol. The zero-order valence-electron chi connectivity index (χ0n) is 8.06. The highest BCUT2D eigenvalue weighted by molar-refractivity contribution is 5.62. The van der Waals surface area contributed by atoms with E-state index in [0.29, 0.717) is 6.29 Å². The van der Waals surface area contributed by atoms with Gasteiger partial charge in [0.05, 0.1) is 6.61 Å². The van der Waals surface area contributed by atoms with Gasteiger partial charge in [-0.05, 0) is 6.92 Å². The summed E-state index contributed by atoms with van der Waals surface area (Å²) in [7, 11) is 2.71. The van der Waals surface area contributed by atoms with Crippen molar-refractivity contribution in [1.29, 1.82) is 0 Å². The van der Waals surface area contributed by atoms with Crippen LogP contribution in [-0.2, 0) is 14.3 Å². The van der Waals surface area contributed by atoms with Crippen molar-refractivity contribution in [3.63, 3.8) is 0 Å². The Balaban J connectivity index is 4.56. The highest BCUT2D eigenvalue weighted by atomic mass is 16.5. The number of methoxy groups -OCH3 is 2. The van der Waals surface area contributed by atoms with Gasteiger partial charge in [0.25, 0.3) is 0 Å². The molecule has 0 heterocycles. The van der Waals surface area contributed by atoms with Gasteiger partial charge < -0.3 is 24.5 Å². The van der Waals surface area contributed by atoms with Crippen molar-refractivity contribution in [3.05, 3.63) is 0 Å². The number of hydrogen-bond donors (Lipinski definition) is 2. The number of hydrogen-bond acceptors (Lipinski definition) is 5. The molecule has 0 rings (SSSR count). The molecule has 0 spiro atoms. The van der Waals surface area contributed by atoms with Crippen molar-refractivity contribution in [1.82, 2.24) is 0 Å². The highest BCUT2D eigenvalue weighted by Crippen LogP contribution is 2.15. The molecule has 0 aliphatic rings. The highest BCUT2D eigenvalue weighted by Gasteiger charge is 2.37. The zero-order valence-corrected chi connectivity index (χ0v) is 8.06. The lowest BCUT2D eigenvalue weighted by Gasteiger charge is -2.31. The van der Waals surface area contributed by atoms with Gasteiger partial charge in [-0.3, -0.25) is 0 Å². The minimum atomic E-state index is -1.65. The van der Waals surface area contributed by atoms with E-state index in [2.05, 4.69) is 0 Å². The van der Waals surface area contributed by atoms with Crippen molar-refractivity contribution in [2.45, 2.75) is 24.7 Å². The molecule has 0 unspecified atom stereocenters. The quantitative estimate of drug-likeness (QED) is 0.526. The molecule has 0 radical (unpaired) electrons. The van der Waals surface area contributed by atoms with Gasteiger partial charge in [-0.15, -0.1) is 0 Å². The first-order valence-corrected chi connectivity index (χ1v) is 3.88. The SMILES string of the molecule is CO[C@H](CO)[C@H](OC)[C@@](C)(O)C=O. The Labute approximate surface area is 77.3 Å². The maximum Gasteiger partial charge on any atom is 0.154 e. The van der Waals surface area contributed by atoms with E-state index in [0.717, 1.165) is 0 Å². The average Bonchev–Trinajstić information content (AvgIpc) is 2.13. The van der Waals surface area contributed by atoms with E-state index in [1.54, 1.807) is 0 Å². The molecule has 13 heavy (non-hydrogen) atoms. The molecule has 0 aromatic heterocycles. The second-order valence-corrected chi connectivity index (χ2v) is 2.96. The van der Waals surface area contributed by atoms with Crippen LogP contribution in [0.15, 0.2) is 0 Å². The molecule has 0 fully saturated rings. The van der Waals surface area contributed by atoms with E-state index in [4.69, 9.17) is 14.6 Å². The third-order valence-electron chi connectivity index (χ3n) is 1.89. The largest absolute Gasteiger partial charge is 0.394 e. The molecule has 5 heteroatoms. The number of ether oxygens (including phenoxy) is 2. The minimum absolute atomic E-state index is 0.320. The normalized spacial score (nSPS) is 20.4. The van der Waals surface area contributed by atoms with Gasteiger partial charge >= 0.3 is 0 Å². The van der Waals surface area contributed by atoms with E-state index >= 15 is 0 Å². The molecule has 3 atom stereocenters. The van der Waals surface area contributed by atoms with Crippen molar-refractivity contribution < 1.29 is 24.5 Å². The minimum Gasteiger partial charge on any atom is -0.394 e. The summed E-state index contributed by atoms with van der Waals surface area (Å²) in [5.41, 5.74) is -1.65. The molecule has 0 aromatic rings. The van der Waals surface area contributed by atoms with Crippen LogP contribution in [0.5, 0.6) is 0 Å². The first kappa shape index (κ1) is 12.5. The fourth-order valence-electron chi connectivity index (χ4n) is 1.13. The maximum atomic E-state index is 10.5. The Hall–Kier alpha value is -0.490. The Bertz CT molecular complexity index is 153. The number of aliphatic hydroxyl groups excluding tert-OH is 1. The molecular weight excluding hydrogens is 176 g/mol. The summed E-state index contributed by atoms with van der Waals surface area (Å²) in [5.74, 6) is 0. The molecule has 2 N–H and O–H groups in total. The van der Waals surface area contributed by atoms with Gasteiger partial charge in [-0.25, -0.2) is 0 Å². The molecule has 0 amide bonds. The fourth-order valence-corrected chi connectivity index (χ4v) is 1.13. The molecule has 0 aliphatic heterocycles. The first-order valence-electron chi connectivity index (χ1n) is 3.88. The average molecular weight is 192 g/mol. The van der Waals surface area contributed by atoms with E-state index < -0.39 is 17.8 Å². The summed E-state index contributed by atoms with van der Waals surface area (Å²) in [6, 6.07) is 0. The second-order valence-electron chi connectivity index (χ2n) is 2.96. The predicted octanol–water partition coefficient (Wildman–Crippen LogP) is -1.04. The van der Waals surface area contributed by atoms with E-state index in [1.165, 1.54) is 21.1 Å². The maximum absolute atomic E-state index is 10.5. The summed E-state index contributed by atoms with van der Waals surface area (Å²) < 4.78 is 9.73. The van der Waals surface area contributed by atoms with Crippen LogP contribution < -0.4 is 0 Å². The lowest BCUT2D eigenvalue weighted by atomic mass is 9.96. The van der Waals surface area contributed by atoms with Crippen LogP contribution in [0.2, 0.25) is 0 Å². The Morgan fingerprint density at radius 1 is 1.46 bits per heavy atom. The molecule has 0 bridgehead atoms. The molecule has 0 saturated heterocycles. The Kier molecular flexibility index (Phi) is 5.09. The molecular formula is C8H16O5. The number of aldehydes is 1. The molecule has 0 aromatic carbocycles. The van der Waals surface area contributed by atoms with Crippen LogP contribution >= 0.6 is 0 Å². The smallest absolute Gasteiger partial charge is 0.154 e. The molecule has 0 aliphatic carbocycles. The van der Waals surface area contributed by atoms with Crippen LogP contribution in [-0.4, -0.2) is 55.1 Å². The third-order valence-corrected chi connectivity index (χ3v) is 1.89. The number of carbonyl (C=O) groups is 1. The Morgan fingerprint density at radius 2 is 2.00 bits per heavy atom. The zero-order chi connectivity index (χ0) is 10.5. The summed E-state index contributed by atoms with van der Waals surface area (Å²) in [4.78, 5) is 10.5. The van der Waals surface area contributed by atoms with Crippen LogP contribution in [0.25, 0.3) is 0 Å². The number of rotatable bonds is 6. The summed E-state index contributed by atoms with van der Waals surface area (Å²) >= 11 is 0. The standard InChI is InChI=1S/C8H16O5/c1-8(11,5-10)7(13-3)6(4-9)12-2/h5-7,9,11H,4H2,1-3H3/t6-,7+,8+/m1/s1. The first-order chi connectivity index (χ1) is 6.03. The molecule has 5 nitrogen and oxygen atoms in total. The van der Waals surface area contributed by atoms with Gasteiger partial charge in [-0.2, -0.15) is 0 Å². The van der Waals surface area contributed by atoms with Gasteiger partial charge in [0.2, 0.25) is 0 Å². The van der Waals surface area contributed by atoms with Gasteiger partial charge in [0.1, 0.15) is 17.8 Å². The lowest BCUT2D eigenvalue weighted by molar-refractivity contribution is -0.160. The van der Waals surface area contributed by atoms with Gasteiger partial charge in [0.15, 0.2) is 6.29 Å². The summed E-state index contributed by atoms with van der Waals surface area (Å²) in [5, 5.41) is 18.4. The molecule has 78 valence electrons. The van der Waals surface area contributed by atoms with E-state index in [9.17, 15) is 9.90 Å². The molecule has 0 saturated carbocycles. The monoisotopic (exact) mass is 192 g/mol. The van der Waals surface area contributed by atoms with E-state index in [1.807, 2.05) is 0 Å². The number of carbonyl (C=O) groups excluding carboxylic acids is 1. The van der Waals surface area contributed by atoms with Gasteiger partial charge in [0, 0.05) is 14.2 Å². The summed E-state index contributed by atoms with van der Waals surface area (Å²) in [6.45, 7) is 0.981. The van der Waals surface area contributed by atoms with Crippen molar-refractivity contribution >= 4 is 6.29 Å². The van der Waals surface area contributed by atoms with Crippen LogP contribution in [0.4, 0.5) is 0 Å². The van der Waals surface area contributed by atoms with Crippen LogP contribution in [0.1, 0.15) is 6.92 Å². The van der Waals surface area contributed by atoms with Crippen molar-refractivity contribution in [2.75, 3.05) is 20.8 Å². The van der Waals surface area contributed by atoms with Crippen LogP contribution in [0.3, 0.4) is 0 Å². The lowest BCUT2D eigenvalue weighted by Crippen LogP contribution is -2.51. The van der Waals surface area contributed by atoms with Crippen molar-refractivity contribution in [3.8, 4) is 0 Å². The second kappa shape index (κ2) is 5.29. The number of aliphatic hydroxyl groups is 2. The van der Waals surface area contributed by atoms with Gasteiger partial charge in [-0.1, -0.05) is 0 Å². The van der Waals surface area contributed by atoms with E-state index in [-0.39, 0.29) is 6.61 Å². The third kappa shape index (κ3) is 3.04. The Morgan fingerprint density at radius 3 is 2.23 bits per heavy atom. The summed E-state index contributed by atoms with van der Waals surface area (Å²) in [6.07, 6.45) is -1.23. The van der Waals surface area contributed by atoms with Crippen molar-refractivity contribution in [2.24, 2.45) is 0 Å². The fraction of sp³-hybridized carbons (Fsp3) is 0.875. The van der Waals surface area contributed by atoms with Crippen LogP contribution in [0, 0.1) is 0 Å². The topological polar surface area (TPSA) is 76.0 Å².